The van der Waals surface area contributed by atoms with Crippen LogP contribution in [-0.4, -0.2) is 85.9 Å². The second kappa shape index (κ2) is 13.4. The van der Waals surface area contributed by atoms with Gasteiger partial charge in [-0.1, -0.05) is 27.2 Å². The molecule has 0 radical (unpaired) electrons. The Hall–Kier alpha value is -3.53. The fraction of sp³-hybridized carbons (Fsp3) is 0.533. The van der Waals surface area contributed by atoms with Crippen LogP contribution in [0.15, 0.2) is 40.2 Å². The number of aromatic nitrogens is 1. The predicted molar refractivity (Wildman–Crippen MR) is 168 cm³/mol. The van der Waals surface area contributed by atoms with Crippen LogP contribution in [0.1, 0.15) is 50.2 Å². The number of aliphatic hydroxyl groups excluding tert-OH is 2. The molecule has 3 N–H and O–H groups in total. The number of anilines is 1. The number of esters is 1. The number of nitrogens with zero attached hydrogens (tertiary/aromatic N) is 4. The van der Waals surface area contributed by atoms with Gasteiger partial charge in [0.1, 0.15) is 18.0 Å². The first-order valence-electron chi connectivity index (χ1n) is 14.9. The number of nitro benzene ring substituents is 1. The van der Waals surface area contributed by atoms with Crippen molar-refractivity contribution < 1.29 is 34.3 Å². The van der Waals surface area contributed by atoms with Crippen LogP contribution >= 0.6 is 23.1 Å². The van der Waals surface area contributed by atoms with E-state index in [2.05, 4.69) is 10.3 Å². The van der Waals surface area contributed by atoms with Gasteiger partial charge in [-0.25, -0.2) is 9.78 Å². The average Bonchev–Trinajstić information content (AvgIpc) is 3.57. The molecular formula is C30H37N5O8S2. The van der Waals surface area contributed by atoms with Crippen molar-refractivity contribution in [1.29, 1.82) is 0 Å². The molecule has 2 saturated heterocycles. The van der Waals surface area contributed by atoms with Gasteiger partial charge in [-0.05, 0) is 30.5 Å². The monoisotopic (exact) mass is 659 g/mol. The van der Waals surface area contributed by atoms with Crippen LogP contribution in [0.4, 0.5) is 10.8 Å². The number of non-ortho nitro benzene ring substituents is 1. The van der Waals surface area contributed by atoms with E-state index in [0.717, 1.165) is 11.3 Å². The molecule has 0 bridgehead atoms. The third-order valence-electron chi connectivity index (χ3n) is 8.80. The molecule has 2 amide bonds. The van der Waals surface area contributed by atoms with E-state index in [1.807, 2.05) is 25.7 Å². The summed E-state index contributed by atoms with van der Waals surface area (Å²) in [6, 6.07) is 5.00. The van der Waals surface area contributed by atoms with Gasteiger partial charge in [0.15, 0.2) is 5.13 Å². The van der Waals surface area contributed by atoms with Crippen LogP contribution in [0.25, 0.3) is 0 Å². The van der Waals surface area contributed by atoms with E-state index in [9.17, 15) is 34.7 Å². The highest BCUT2D eigenvalue weighted by Crippen LogP contribution is 2.52. The second-order valence-corrected chi connectivity index (χ2v) is 14.0. The number of carbonyl (C=O) groups is 3. The molecule has 15 heteroatoms. The SMILES string of the molecule is CC[C@H](C)[C@@H](CO)NC(=O)c1csc(N2CC(SC3=C(C(=O)OCc4ccc([N+](=O)[O-])cc4)N4C(=O)[C@H]([C@@H](C)O)[C@H]4[C@H]3C)C2)n1. The molecule has 13 nitrogen and oxygen atoms in total. The van der Waals surface area contributed by atoms with E-state index < -0.39 is 22.9 Å². The van der Waals surface area contributed by atoms with Gasteiger partial charge in [0.05, 0.1) is 35.6 Å². The van der Waals surface area contributed by atoms with Gasteiger partial charge in [0.2, 0.25) is 5.91 Å². The Labute approximate surface area is 268 Å². The molecule has 6 atom stereocenters. The number of β-lactam (4-membered cyclic amide) rings is 1. The van der Waals surface area contributed by atoms with Crippen LogP contribution in [0.2, 0.25) is 0 Å². The average molecular weight is 660 g/mol. The number of thiazole rings is 1. The van der Waals surface area contributed by atoms with Crippen molar-refractivity contribution in [3.63, 3.8) is 0 Å². The molecule has 0 aliphatic carbocycles. The fourth-order valence-electron chi connectivity index (χ4n) is 5.86. The van der Waals surface area contributed by atoms with Gasteiger partial charge in [-0.2, -0.15) is 0 Å². The van der Waals surface area contributed by atoms with Crippen LogP contribution in [-0.2, 0) is 20.9 Å². The van der Waals surface area contributed by atoms with Gasteiger partial charge in [0.25, 0.3) is 11.6 Å². The molecule has 0 unspecified atom stereocenters. The summed E-state index contributed by atoms with van der Waals surface area (Å²) in [5.41, 5.74) is 0.983. The molecule has 3 aliphatic rings. The van der Waals surface area contributed by atoms with Crippen LogP contribution < -0.4 is 10.2 Å². The van der Waals surface area contributed by atoms with Gasteiger partial charge < -0.3 is 30.1 Å². The minimum Gasteiger partial charge on any atom is -0.456 e. The highest BCUT2D eigenvalue weighted by atomic mass is 32.2. The summed E-state index contributed by atoms with van der Waals surface area (Å²) in [6.45, 7) is 8.46. The van der Waals surface area contributed by atoms with Crippen molar-refractivity contribution in [2.24, 2.45) is 17.8 Å². The lowest BCUT2D eigenvalue weighted by molar-refractivity contribution is -0.384. The predicted octanol–water partition coefficient (Wildman–Crippen LogP) is 2.92. The molecule has 2 aromatic rings. The van der Waals surface area contributed by atoms with Crippen molar-refractivity contribution >= 4 is 51.7 Å². The zero-order chi connectivity index (χ0) is 32.6. The quantitative estimate of drug-likeness (QED) is 0.125. The first-order chi connectivity index (χ1) is 21.4. The van der Waals surface area contributed by atoms with Crippen molar-refractivity contribution in [2.45, 2.75) is 64.2 Å². The van der Waals surface area contributed by atoms with Crippen molar-refractivity contribution in [1.82, 2.24) is 15.2 Å². The molecule has 5 rings (SSSR count). The molecule has 2 fully saturated rings. The molecule has 0 saturated carbocycles. The second-order valence-electron chi connectivity index (χ2n) is 11.8. The summed E-state index contributed by atoms with van der Waals surface area (Å²) >= 11 is 2.87. The number of nitrogens with one attached hydrogen (secondary N) is 1. The molecule has 3 aliphatic heterocycles. The van der Waals surface area contributed by atoms with E-state index in [4.69, 9.17) is 4.74 Å². The first kappa shape index (κ1) is 32.9. The lowest BCUT2D eigenvalue weighted by atomic mass is 9.79. The Morgan fingerprint density at radius 3 is 2.56 bits per heavy atom. The van der Waals surface area contributed by atoms with Crippen LogP contribution in [0.5, 0.6) is 0 Å². The summed E-state index contributed by atoms with van der Waals surface area (Å²) in [7, 11) is 0. The van der Waals surface area contributed by atoms with Crippen molar-refractivity contribution in [3.8, 4) is 0 Å². The number of thioether (sulfide) groups is 1. The highest BCUT2D eigenvalue weighted by molar-refractivity contribution is 8.03. The number of carbonyl (C=O) groups excluding carboxylic acids is 3. The Kier molecular flexibility index (Phi) is 9.82. The largest absolute Gasteiger partial charge is 0.456 e. The Morgan fingerprint density at radius 2 is 1.96 bits per heavy atom. The van der Waals surface area contributed by atoms with E-state index in [-0.39, 0.29) is 65.6 Å². The number of nitro groups is 1. The normalized spacial score (nSPS) is 23.2. The number of ether oxygens (including phenoxy) is 1. The fourth-order valence-corrected chi connectivity index (χ4v) is 8.20. The summed E-state index contributed by atoms with van der Waals surface area (Å²) in [5.74, 6) is -1.98. The zero-order valence-corrected chi connectivity index (χ0v) is 27.0. The highest BCUT2D eigenvalue weighted by Gasteiger charge is 2.60. The minimum atomic E-state index is -0.865. The molecular weight excluding hydrogens is 622 g/mol. The smallest absolute Gasteiger partial charge is 0.356 e. The Balaban J connectivity index is 1.25. The Morgan fingerprint density at radius 1 is 1.27 bits per heavy atom. The molecule has 4 heterocycles. The third-order valence-corrected chi connectivity index (χ3v) is 11.2. The Bertz CT molecular complexity index is 1490. The number of fused-ring (bicyclic) bond motifs is 1. The maximum absolute atomic E-state index is 13.4. The summed E-state index contributed by atoms with van der Waals surface area (Å²) in [5, 5.41) is 36.2. The summed E-state index contributed by atoms with van der Waals surface area (Å²) in [4.78, 5) is 58.4. The van der Waals surface area contributed by atoms with E-state index in [0.29, 0.717) is 29.5 Å². The van der Waals surface area contributed by atoms with E-state index in [1.54, 1.807) is 12.3 Å². The summed E-state index contributed by atoms with van der Waals surface area (Å²) in [6.07, 6.45) is -0.0439. The number of rotatable bonds is 13. The van der Waals surface area contributed by atoms with Gasteiger partial charge >= 0.3 is 5.97 Å². The minimum absolute atomic E-state index is 0.0713. The molecule has 242 valence electrons. The standard InChI is InChI=1S/C30H37N5O8S2/c1-5-15(2)21(12-36)31-27(38)22-14-44-30(32-22)33-10-20(11-33)45-26-16(3)24-23(17(4)37)28(39)34(24)25(26)29(40)43-13-18-6-8-19(9-7-18)35(41)42/h6-9,14-17,20-21,23-24,36-37H,5,10-13H2,1-4H3,(H,31,38)/t15-,16+,17+,21+,23+,24+/m0/s1. The van der Waals surface area contributed by atoms with Crippen molar-refractivity contribution in [3.05, 3.63) is 61.6 Å². The van der Waals surface area contributed by atoms with Gasteiger partial charge in [-0.15, -0.1) is 23.1 Å². The number of hydrogen-bond acceptors (Lipinski definition) is 12. The number of benzene rings is 1. The van der Waals surface area contributed by atoms with Gasteiger partial charge in [0, 0.05) is 46.7 Å². The van der Waals surface area contributed by atoms with Gasteiger partial charge in [-0.3, -0.25) is 19.7 Å². The molecule has 1 aromatic heterocycles. The van der Waals surface area contributed by atoms with E-state index in [1.165, 1.54) is 52.3 Å². The topological polar surface area (TPSA) is 175 Å². The molecule has 1 aromatic carbocycles. The van der Waals surface area contributed by atoms with Crippen LogP contribution in [0, 0.1) is 27.9 Å². The number of amides is 2. The first-order valence-corrected chi connectivity index (χ1v) is 16.7. The zero-order valence-electron chi connectivity index (χ0n) is 25.4. The van der Waals surface area contributed by atoms with Crippen LogP contribution in [0.3, 0.4) is 0 Å². The van der Waals surface area contributed by atoms with Crippen molar-refractivity contribution in [2.75, 3.05) is 24.6 Å². The maximum Gasteiger partial charge on any atom is 0.356 e. The maximum atomic E-state index is 13.4. The van der Waals surface area contributed by atoms with E-state index >= 15 is 0 Å². The molecule has 45 heavy (non-hydrogen) atoms. The lowest BCUT2D eigenvalue weighted by Gasteiger charge is -2.46. The number of hydrogen-bond donors (Lipinski definition) is 3. The lowest BCUT2D eigenvalue weighted by Crippen LogP contribution is -2.63. The molecule has 0 spiro atoms. The summed E-state index contributed by atoms with van der Waals surface area (Å²) < 4.78 is 5.59. The number of aliphatic hydroxyl groups is 2. The third kappa shape index (κ3) is 6.44.